The predicted molar refractivity (Wildman–Crippen MR) is 76.7 cm³/mol. The number of hydrogen-bond donors (Lipinski definition) is 1. The molecule has 0 aromatic heterocycles. The molecule has 7 heteroatoms. The maximum Gasteiger partial charge on any atom is 0.275 e. The molecule has 0 heterocycles. The lowest BCUT2D eigenvalue weighted by atomic mass is 10.1. The smallest absolute Gasteiger partial charge is 0.275 e. The standard InChI is InChI=1S/C14H12FN3O3/c1-9(10-2-4-11(15)5-3-10)17-21-14-7-12(16)6-13(8-14)18(19)20/h2-8H,16H2,1H3/b17-9+. The zero-order valence-corrected chi connectivity index (χ0v) is 11.1. The summed E-state index contributed by atoms with van der Waals surface area (Å²) in [7, 11) is 0. The molecule has 108 valence electrons. The van der Waals surface area contributed by atoms with E-state index in [9.17, 15) is 14.5 Å². The Hall–Kier alpha value is -2.96. The first-order valence-corrected chi connectivity index (χ1v) is 5.98. The minimum Gasteiger partial charge on any atom is -0.398 e. The maximum atomic E-state index is 12.8. The second-order valence-electron chi connectivity index (χ2n) is 4.29. The van der Waals surface area contributed by atoms with Crippen molar-refractivity contribution in [3.05, 3.63) is 64.0 Å². The second-order valence-corrected chi connectivity index (χ2v) is 4.29. The molecule has 0 radical (unpaired) electrons. The number of anilines is 1. The Morgan fingerprint density at radius 3 is 2.57 bits per heavy atom. The van der Waals surface area contributed by atoms with Gasteiger partial charge in [-0.2, -0.15) is 0 Å². The first kappa shape index (κ1) is 14.4. The largest absolute Gasteiger partial charge is 0.398 e. The van der Waals surface area contributed by atoms with Gasteiger partial charge in [0.1, 0.15) is 5.82 Å². The summed E-state index contributed by atoms with van der Waals surface area (Å²) in [5.74, 6) is -0.193. The fourth-order valence-electron chi connectivity index (χ4n) is 1.63. The van der Waals surface area contributed by atoms with Crippen LogP contribution in [0, 0.1) is 15.9 Å². The molecule has 0 saturated heterocycles. The molecule has 2 aromatic carbocycles. The molecule has 2 aromatic rings. The van der Waals surface area contributed by atoms with E-state index in [1.807, 2.05) is 0 Å². The minimum atomic E-state index is -0.570. The molecule has 0 fully saturated rings. The number of nitro benzene ring substituents is 1. The van der Waals surface area contributed by atoms with Crippen LogP contribution in [0.15, 0.2) is 47.6 Å². The van der Waals surface area contributed by atoms with Crippen molar-refractivity contribution in [1.82, 2.24) is 0 Å². The van der Waals surface area contributed by atoms with Crippen molar-refractivity contribution in [1.29, 1.82) is 0 Å². The van der Waals surface area contributed by atoms with E-state index in [4.69, 9.17) is 10.6 Å². The number of hydrogen-bond acceptors (Lipinski definition) is 5. The lowest BCUT2D eigenvalue weighted by Gasteiger charge is -2.03. The second kappa shape index (κ2) is 6.00. The highest BCUT2D eigenvalue weighted by Crippen LogP contribution is 2.24. The van der Waals surface area contributed by atoms with E-state index in [0.29, 0.717) is 11.3 Å². The Morgan fingerprint density at radius 1 is 1.29 bits per heavy atom. The van der Waals surface area contributed by atoms with Crippen molar-refractivity contribution in [2.75, 3.05) is 5.73 Å². The van der Waals surface area contributed by atoms with Crippen molar-refractivity contribution in [3.8, 4) is 5.75 Å². The highest BCUT2D eigenvalue weighted by atomic mass is 19.1. The van der Waals surface area contributed by atoms with E-state index in [1.54, 1.807) is 19.1 Å². The highest BCUT2D eigenvalue weighted by molar-refractivity contribution is 5.98. The molecule has 0 aliphatic heterocycles. The van der Waals surface area contributed by atoms with E-state index in [-0.39, 0.29) is 22.9 Å². The van der Waals surface area contributed by atoms with E-state index >= 15 is 0 Å². The molecular weight excluding hydrogens is 277 g/mol. The molecule has 0 atom stereocenters. The first-order valence-electron chi connectivity index (χ1n) is 5.98. The highest BCUT2D eigenvalue weighted by Gasteiger charge is 2.09. The SMILES string of the molecule is C/C(=N\Oc1cc(N)cc([N+](=O)[O-])c1)c1ccc(F)cc1. The van der Waals surface area contributed by atoms with E-state index in [2.05, 4.69) is 5.16 Å². The molecular formula is C14H12FN3O3. The van der Waals surface area contributed by atoms with Crippen LogP contribution in [0.4, 0.5) is 15.8 Å². The van der Waals surface area contributed by atoms with Gasteiger partial charge in [-0.25, -0.2) is 4.39 Å². The third-order valence-corrected chi connectivity index (χ3v) is 2.67. The van der Waals surface area contributed by atoms with E-state index < -0.39 is 4.92 Å². The molecule has 2 N–H and O–H groups in total. The summed E-state index contributed by atoms with van der Waals surface area (Å²) < 4.78 is 12.8. The molecule has 2 rings (SSSR count). The molecule has 21 heavy (non-hydrogen) atoms. The molecule has 0 unspecified atom stereocenters. The lowest BCUT2D eigenvalue weighted by Crippen LogP contribution is -1.99. The van der Waals surface area contributed by atoms with Gasteiger partial charge in [-0.05, 0) is 24.6 Å². The van der Waals surface area contributed by atoms with Crippen LogP contribution in [0.3, 0.4) is 0 Å². The third kappa shape index (κ3) is 3.75. The Morgan fingerprint density at radius 2 is 1.95 bits per heavy atom. The van der Waals surface area contributed by atoms with E-state index in [0.717, 1.165) is 0 Å². The van der Waals surface area contributed by atoms with Crippen LogP contribution in [0.5, 0.6) is 5.75 Å². The van der Waals surface area contributed by atoms with Crippen LogP contribution in [0.2, 0.25) is 0 Å². The Labute approximate surface area is 119 Å². The zero-order valence-electron chi connectivity index (χ0n) is 11.1. The summed E-state index contributed by atoms with van der Waals surface area (Å²) in [5, 5.41) is 14.6. The Kier molecular flexibility index (Phi) is 4.13. The Bertz CT molecular complexity index is 699. The quantitative estimate of drug-likeness (QED) is 0.405. The number of halogens is 1. The number of non-ortho nitro benzene ring substituents is 1. The van der Waals surface area contributed by atoms with Gasteiger partial charge >= 0.3 is 0 Å². The number of benzene rings is 2. The monoisotopic (exact) mass is 289 g/mol. The average molecular weight is 289 g/mol. The molecule has 0 spiro atoms. The van der Waals surface area contributed by atoms with Crippen molar-refractivity contribution >= 4 is 17.1 Å². The molecule has 0 amide bonds. The van der Waals surface area contributed by atoms with Gasteiger partial charge in [0.25, 0.3) is 5.69 Å². The molecule has 6 nitrogen and oxygen atoms in total. The van der Waals surface area contributed by atoms with Gasteiger partial charge in [0.15, 0.2) is 5.75 Å². The summed E-state index contributed by atoms with van der Waals surface area (Å²) >= 11 is 0. The zero-order chi connectivity index (χ0) is 15.4. The molecule has 0 aliphatic rings. The van der Waals surface area contributed by atoms with Crippen molar-refractivity contribution < 1.29 is 14.2 Å². The number of rotatable bonds is 4. The van der Waals surface area contributed by atoms with Crippen LogP contribution in [0.25, 0.3) is 0 Å². The van der Waals surface area contributed by atoms with Crippen LogP contribution in [-0.4, -0.2) is 10.6 Å². The van der Waals surface area contributed by atoms with Gasteiger partial charge in [-0.15, -0.1) is 0 Å². The molecule has 0 bridgehead atoms. The first-order chi connectivity index (χ1) is 9.95. The van der Waals surface area contributed by atoms with Gasteiger partial charge < -0.3 is 10.6 Å². The third-order valence-electron chi connectivity index (χ3n) is 2.67. The fraction of sp³-hybridized carbons (Fsp3) is 0.0714. The molecule has 0 aliphatic carbocycles. The summed E-state index contributed by atoms with van der Waals surface area (Å²) in [6, 6.07) is 9.59. The van der Waals surface area contributed by atoms with Gasteiger partial charge in [0.2, 0.25) is 0 Å². The van der Waals surface area contributed by atoms with Crippen LogP contribution >= 0.6 is 0 Å². The number of nitrogens with zero attached hydrogens (tertiary/aromatic N) is 2. The van der Waals surface area contributed by atoms with Crippen molar-refractivity contribution in [3.63, 3.8) is 0 Å². The minimum absolute atomic E-state index is 0.156. The van der Waals surface area contributed by atoms with Crippen LogP contribution in [-0.2, 0) is 0 Å². The number of nitrogens with two attached hydrogens (primary N) is 1. The van der Waals surface area contributed by atoms with Gasteiger partial charge in [0, 0.05) is 17.8 Å². The molecule has 0 saturated carbocycles. The summed E-state index contributed by atoms with van der Waals surface area (Å²) in [6.45, 7) is 1.67. The lowest BCUT2D eigenvalue weighted by molar-refractivity contribution is -0.384. The van der Waals surface area contributed by atoms with E-state index in [1.165, 1.54) is 30.3 Å². The van der Waals surface area contributed by atoms with Crippen molar-refractivity contribution in [2.45, 2.75) is 6.92 Å². The van der Waals surface area contributed by atoms with Crippen LogP contribution < -0.4 is 10.6 Å². The number of nitrogen functional groups attached to an aromatic ring is 1. The topological polar surface area (TPSA) is 90.8 Å². The normalized spacial score (nSPS) is 11.2. The summed E-state index contributed by atoms with van der Waals surface area (Å²) in [4.78, 5) is 15.3. The fourth-order valence-corrected chi connectivity index (χ4v) is 1.63. The summed E-state index contributed by atoms with van der Waals surface area (Å²) in [6.07, 6.45) is 0. The van der Waals surface area contributed by atoms with Gasteiger partial charge in [0.05, 0.1) is 16.7 Å². The van der Waals surface area contributed by atoms with Gasteiger partial charge in [-0.1, -0.05) is 17.3 Å². The average Bonchev–Trinajstić information content (AvgIpc) is 2.45. The van der Waals surface area contributed by atoms with Gasteiger partial charge in [-0.3, -0.25) is 10.1 Å². The summed E-state index contributed by atoms with van der Waals surface area (Å²) in [5.41, 5.74) is 6.75. The maximum absolute atomic E-state index is 12.8. The number of nitro groups is 1. The number of oxime groups is 1. The Balaban J connectivity index is 2.20. The predicted octanol–water partition coefficient (Wildman–Crippen LogP) is 3.12. The van der Waals surface area contributed by atoms with Crippen molar-refractivity contribution in [2.24, 2.45) is 5.16 Å². The van der Waals surface area contributed by atoms with Crippen LogP contribution in [0.1, 0.15) is 12.5 Å².